The van der Waals surface area contributed by atoms with Crippen LogP contribution in [0.5, 0.6) is 0 Å². The lowest BCUT2D eigenvalue weighted by atomic mass is 10.0. The van der Waals surface area contributed by atoms with Gasteiger partial charge in [0.05, 0.1) is 16.1 Å². The molecule has 1 amide bonds. The average Bonchev–Trinajstić information content (AvgIpc) is 3.33. The van der Waals surface area contributed by atoms with Crippen molar-refractivity contribution >= 4 is 33.9 Å². The Balaban J connectivity index is 1.56. The van der Waals surface area contributed by atoms with Gasteiger partial charge in [0, 0.05) is 38.1 Å². The fourth-order valence-electron chi connectivity index (χ4n) is 4.29. The van der Waals surface area contributed by atoms with E-state index in [1.165, 1.54) is 17.2 Å². The molecular formula is C23H23F3N6OS. The van der Waals surface area contributed by atoms with Crippen LogP contribution >= 0.6 is 11.3 Å². The highest BCUT2D eigenvalue weighted by molar-refractivity contribution is 7.19. The second-order valence-electron chi connectivity index (χ2n) is 8.42. The number of alkyl halides is 3. The second kappa shape index (κ2) is 8.55. The first-order valence-electron chi connectivity index (χ1n) is 10.9. The Morgan fingerprint density at radius 3 is 2.62 bits per heavy atom. The molecule has 5 rings (SSSR count). The number of carbonyl (C=O) groups excluding carboxylic acids is 1. The third-order valence-corrected chi connectivity index (χ3v) is 7.03. The normalized spacial score (nSPS) is 15.9. The largest absolute Gasteiger partial charge is 0.420 e. The lowest BCUT2D eigenvalue weighted by molar-refractivity contribution is -0.137. The molecule has 0 saturated heterocycles. The smallest absolute Gasteiger partial charge is 0.374 e. The predicted octanol–water partition coefficient (Wildman–Crippen LogP) is 4.63. The molecule has 11 heteroatoms. The highest BCUT2D eigenvalue weighted by Gasteiger charge is 2.36. The number of anilines is 3. The summed E-state index contributed by atoms with van der Waals surface area (Å²) in [6.07, 6.45) is -3.08. The Morgan fingerprint density at radius 2 is 1.88 bits per heavy atom. The van der Waals surface area contributed by atoms with Gasteiger partial charge in [-0.2, -0.15) is 13.2 Å². The third kappa shape index (κ3) is 4.21. The number of hydrogen-bond donors (Lipinski definition) is 3. The first kappa shape index (κ1) is 22.6. The molecule has 0 radical (unpaired) electrons. The van der Waals surface area contributed by atoms with Crippen LogP contribution < -0.4 is 16.0 Å². The fraction of sp³-hybridized carbons (Fsp3) is 0.348. The van der Waals surface area contributed by atoms with Crippen LogP contribution in [0.4, 0.5) is 29.8 Å². The summed E-state index contributed by atoms with van der Waals surface area (Å²) in [6.45, 7) is 4.65. The Bertz CT molecular complexity index is 1270. The van der Waals surface area contributed by atoms with Gasteiger partial charge >= 0.3 is 6.18 Å². The first-order chi connectivity index (χ1) is 16.2. The van der Waals surface area contributed by atoms with E-state index in [0.29, 0.717) is 23.7 Å². The highest BCUT2D eigenvalue weighted by Crippen LogP contribution is 2.42. The monoisotopic (exact) mass is 488 g/mol. The van der Waals surface area contributed by atoms with Crippen molar-refractivity contribution in [3.63, 3.8) is 0 Å². The predicted molar refractivity (Wildman–Crippen MR) is 125 cm³/mol. The quantitative estimate of drug-likeness (QED) is 0.497. The zero-order valence-corrected chi connectivity index (χ0v) is 19.5. The summed E-state index contributed by atoms with van der Waals surface area (Å²) < 4.78 is 41.5. The fourth-order valence-corrected chi connectivity index (χ4v) is 5.38. The van der Waals surface area contributed by atoms with Gasteiger partial charge in [-0.25, -0.2) is 9.97 Å². The number of nitrogens with zero attached hydrogens (tertiary/aromatic N) is 3. The summed E-state index contributed by atoms with van der Waals surface area (Å²) in [5, 5.41) is 9.49. The lowest BCUT2D eigenvalue weighted by Gasteiger charge is -2.15. The number of benzene rings is 1. The van der Waals surface area contributed by atoms with Gasteiger partial charge in [-0.1, -0.05) is 13.0 Å². The van der Waals surface area contributed by atoms with Gasteiger partial charge in [-0.15, -0.1) is 11.3 Å². The van der Waals surface area contributed by atoms with Crippen molar-refractivity contribution in [1.29, 1.82) is 0 Å². The number of amides is 1. The molecule has 0 bridgehead atoms. The molecule has 3 N–H and O–H groups in total. The van der Waals surface area contributed by atoms with Gasteiger partial charge in [0.25, 0.3) is 5.91 Å². The molecule has 3 aromatic rings. The van der Waals surface area contributed by atoms with Crippen LogP contribution in [0.2, 0.25) is 0 Å². The third-order valence-electron chi connectivity index (χ3n) is 5.93. The van der Waals surface area contributed by atoms with Gasteiger partial charge in [-0.3, -0.25) is 9.69 Å². The summed E-state index contributed by atoms with van der Waals surface area (Å²) >= 11 is 1.08. The van der Waals surface area contributed by atoms with Crippen LogP contribution in [-0.4, -0.2) is 40.9 Å². The average molecular weight is 489 g/mol. The molecule has 0 atom stereocenters. The Hall–Kier alpha value is -3.18. The van der Waals surface area contributed by atoms with Crippen LogP contribution in [0.15, 0.2) is 24.4 Å². The Kier molecular flexibility index (Phi) is 5.68. The number of thiophene rings is 1. The van der Waals surface area contributed by atoms with Crippen molar-refractivity contribution < 1.29 is 18.0 Å². The van der Waals surface area contributed by atoms with E-state index in [1.54, 1.807) is 0 Å². The van der Waals surface area contributed by atoms with Crippen LogP contribution in [0.25, 0.3) is 10.6 Å². The Morgan fingerprint density at radius 1 is 1.15 bits per heavy atom. The maximum atomic E-state index is 13.8. The number of hydrogen-bond acceptors (Lipinski definition) is 7. The molecule has 178 valence electrons. The van der Waals surface area contributed by atoms with Crippen LogP contribution in [0.3, 0.4) is 0 Å². The molecule has 0 aliphatic carbocycles. The summed E-state index contributed by atoms with van der Waals surface area (Å²) in [7, 11) is 2.04. The summed E-state index contributed by atoms with van der Waals surface area (Å²) in [5.41, 5.74) is 3.37. The van der Waals surface area contributed by atoms with E-state index in [4.69, 9.17) is 0 Å². The van der Waals surface area contributed by atoms with E-state index in [-0.39, 0.29) is 22.4 Å². The van der Waals surface area contributed by atoms with Crippen LogP contribution in [0, 0.1) is 0 Å². The van der Waals surface area contributed by atoms with E-state index in [2.05, 4.69) is 36.9 Å². The molecule has 2 aliphatic heterocycles. The van der Waals surface area contributed by atoms with Gasteiger partial charge in [-0.05, 0) is 42.3 Å². The number of aromatic nitrogens is 2. The van der Waals surface area contributed by atoms with Crippen molar-refractivity contribution in [1.82, 2.24) is 20.2 Å². The van der Waals surface area contributed by atoms with Crippen molar-refractivity contribution in [3.05, 3.63) is 52.2 Å². The number of rotatable bonds is 4. The van der Waals surface area contributed by atoms with Crippen molar-refractivity contribution in [2.45, 2.75) is 32.6 Å². The van der Waals surface area contributed by atoms with E-state index in [9.17, 15) is 18.0 Å². The summed E-state index contributed by atoms with van der Waals surface area (Å²) in [6, 6.07) is 5.62. The molecule has 2 aliphatic rings. The molecule has 0 unspecified atom stereocenters. The van der Waals surface area contributed by atoms with Gasteiger partial charge < -0.3 is 16.0 Å². The molecule has 1 aromatic carbocycles. The van der Waals surface area contributed by atoms with Gasteiger partial charge in [0.1, 0.15) is 10.6 Å². The maximum absolute atomic E-state index is 13.8. The standard InChI is InChI=1S/C23H23F3N6OS/c1-3-12-6-13-10-32(2)11-14(13)7-17(12)30-22-29-9-16(23(24,25)26)19(31-22)18-8-15-20(33)27-4-5-28-21(15)34-18/h6-9,28H,3-5,10-11H2,1-2H3,(H,27,33)(H,29,30,31). The SMILES string of the molecule is CCc1cc2c(cc1Nc1ncc(C(F)(F)F)c(-c3cc4c(s3)NCCNC4=O)n1)CN(C)C2. The number of aryl methyl sites for hydroxylation is 1. The minimum atomic E-state index is -4.64. The topological polar surface area (TPSA) is 82.2 Å². The Labute approximate surface area is 198 Å². The summed E-state index contributed by atoms with van der Waals surface area (Å²) in [4.78, 5) is 23.0. The van der Waals surface area contributed by atoms with Crippen molar-refractivity contribution in [2.24, 2.45) is 0 Å². The summed E-state index contributed by atoms with van der Waals surface area (Å²) in [5.74, 6) is -0.246. The number of nitrogens with one attached hydrogen (secondary N) is 3. The molecule has 7 nitrogen and oxygen atoms in total. The molecule has 34 heavy (non-hydrogen) atoms. The zero-order valence-electron chi connectivity index (χ0n) is 18.6. The van der Waals surface area contributed by atoms with Gasteiger partial charge in [0.2, 0.25) is 5.95 Å². The molecule has 0 fully saturated rings. The molecule has 4 heterocycles. The van der Waals surface area contributed by atoms with E-state index in [1.807, 2.05) is 20.0 Å². The van der Waals surface area contributed by atoms with Gasteiger partial charge in [0.15, 0.2) is 0 Å². The number of halogens is 3. The van der Waals surface area contributed by atoms with Crippen molar-refractivity contribution in [3.8, 4) is 10.6 Å². The molecule has 0 saturated carbocycles. The molecular weight excluding hydrogens is 465 g/mol. The molecule has 0 spiro atoms. The number of carbonyl (C=O) groups is 1. The minimum absolute atomic E-state index is 0.0741. The second-order valence-corrected chi connectivity index (χ2v) is 9.47. The lowest BCUT2D eigenvalue weighted by Crippen LogP contribution is -2.24. The van der Waals surface area contributed by atoms with Crippen LogP contribution in [0.1, 0.15) is 39.5 Å². The van der Waals surface area contributed by atoms with E-state index in [0.717, 1.165) is 48.3 Å². The van der Waals surface area contributed by atoms with Crippen molar-refractivity contribution in [2.75, 3.05) is 30.8 Å². The minimum Gasteiger partial charge on any atom is -0.374 e. The van der Waals surface area contributed by atoms with E-state index >= 15 is 0 Å². The molecule has 2 aromatic heterocycles. The highest BCUT2D eigenvalue weighted by atomic mass is 32.1. The first-order valence-corrected chi connectivity index (χ1v) is 11.8. The van der Waals surface area contributed by atoms with Crippen LogP contribution in [-0.2, 0) is 25.7 Å². The number of fused-ring (bicyclic) bond motifs is 2. The maximum Gasteiger partial charge on any atom is 0.420 e. The zero-order chi connectivity index (χ0) is 24.0. The van der Waals surface area contributed by atoms with E-state index < -0.39 is 11.7 Å².